The standard InChI is InChI=1S/C19H28N2O/c1-13-12-21(15-11-9-8-10-14(13)15)16(18(2,3)4)17(22)20-19(5,6)7/h8-12,16H,1-7H3,(H,20,22). The summed E-state index contributed by atoms with van der Waals surface area (Å²) >= 11 is 0. The molecule has 1 aromatic carbocycles. The van der Waals surface area contributed by atoms with Crippen molar-refractivity contribution < 1.29 is 4.79 Å². The number of carbonyl (C=O) groups excluding carboxylic acids is 1. The Morgan fingerprint density at radius 2 is 1.68 bits per heavy atom. The van der Waals surface area contributed by atoms with Crippen LogP contribution in [0.5, 0.6) is 0 Å². The van der Waals surface area contributed by atoms with E-state index < -0.39 is 0 Å². The predicted octanol–water partition coefficient (Wildman–Crippen LogP) is 4.45. The molecule has 1 atom stereocenters. The van der Waals surface area contributed by atoms with Gasteiger partial charge in [0.15, 0.2) is 0 Å². The molecule has 1 aromatic heterocycles. The van der Waals surface area contributed by atoms with Gasteiger partial charge in [-0.15, -0.1) is 0 Å². The molecule has 0 saturated carbocycles. The maximum absolute atomic E-state index is 12.9. The minimum absolute atomic E-state index is 0.0701. The molecular formula is C19H28N2O. The molecule has 2 rings (SSSR count). The largest absolute Gasteiger partial charge is 0.350 e. The van der Waals surface area contributed by atoms with Crippen LogP contribution in [0, 0.1) is 12.3 Å². The van der Waals surface area contributed by atoms with Crippen LogP contribution in [-0.4, -0.2) is 16.0 Å². The number of aryl methyl sites for hydroxylation is 1. The van der Waals surface area contributed by atoms with Crippen LogP contribution < -0.4 is 5.32 Å². The Morgan fingerprint density at radius 1 is 1.09 bits per heavy atom. The van der Waals surface area contributed by atoms with Crippen LogP contribution in [0.4, 0.5) is 0 Å². The van der Waals surface area contributed by atoms with Gasteiger partial charge in [-0.25, -0.2) is 0 Å². The summed E-state index contributed by atoms with van der Waals surface area (Å²) < 4.78 is 2.13. The molecule has 1 N–H and O–H groups in total. The van der Waals surface area contributed by atoms with Gasteiger partial charge in [0.05, 0.1) is 0 Å². The van der Waals surface area contributed by atoms with Crippen LogP contribution in [0.3, 0.4) is 0 Å². The quantitative estimate of drug-likeness (QED) is 0.873. The number of benzene rings is 1. The Kier molecular flexibility index (Phi) is 4.12. The van der Waals surface area contributed by atoms with Crippen molar-refractivity contribution in [3.63, 3.8) is 0 Å². The monoisotopic (exact) mass is 300 g/mol. The van der Waals surface area contributed by atoms with E-state index in [2.05, 4.69) is 55.9 Å². The summed E-state index contributed by atoms with van der Waals surface area (Å²) in [6.07, 6.45) is 2.10. The highest BCUT2D eigenvalue weighted by Crippen LogP contribution is 2.35. The molecule has 1 unspecified atom stereocenters. The van der Waals surface area contributed by atoms with Crippen molar-refractivity contribution >= 4 is 16.8 Å². The molecular weight excluding hydrogens is 272 g/mol. The maximum Gasteiger partial charge on any atom is 0.244 e. The lowest BCUT2D eigenvalue weighted by Crippen LogP contribution is -2.47. The van der Waals surface area contributed by atoms with Gasteiger partial charge >= 0.3 is 0 Å². The van der Waals surface area contributed by atoms with Gasteiger partial charge in [0.1, 0.15) is 6.04 Å². The fourth-order valence-electron chi connectivity index (χ4n) is 2.97. The Labute approximate surface area is 133 Å². The van der Waals surface area contributed by atoms with Gasteiger partial charge in [0.2, 0.25) is 5.91 Å². The van der Waals surface area contributed by atoms with Crippen LogP contribution in [0.1, 0.15) is 53.1 Å². The molecule has 120 valence electrons. The van der Waals surface area contributed by atoms with Crippen molar-refractivity contribution in [1.82, 2.24) is 9.88 Å². The molecule has 0 radical (unpaired) electrons. The van der Waals surface area contributed by atoms with Crippen LogP contribution in [0.2, 0.25) is 0 Å². The number of amides is 1. The average molecular weight is 300 g/mol. The second-order valence-electron chi connectivity index (χ2n) is 8.24. The van der Waals surface area contributed by atoms with E-state index in [1.165, 1.54) is 10.9 Å². The second kappa shape index (κ2) is 5.45. The third kappa shape index (κ3) is 3.34. The van der Waals surface area contributed by atoms with Crippen molar-refractivity contribution in [3.8, 4) is 0 Å². The lowest BCUT2D eigenvalue weighted by Gasteiger charge is -2.34. The SMILES string of the molecule is Cc1cn(C(C(=O)NC(C)(C)C)C(C)(C)C)c2ccccc12. The summed E-state index contributed by atoms with van der Waals surface area (Å²) in [6, 6.07) is 8.03. The predicted molar refractivity (Wildman–Crippen MR) is 93.1 cm³/mol. The first-order valence-electron chi connectivity index (χ1n) is 7.89. The van der Waals surface area contributed by atoms with E-state index >= 15 is 0 Å². The molecule has 0 spiro atoms. The molecule has 0 fully saturated rings. The Bertz CT molecular complexity index is 684. The van der Waals surface area contributed by atoms with E-state index in [1.807, 2.05) is 32.9 Å². The zero-order chi connectivity index (χ0) is 16.7. The molecule has 22 heavy (non-hydrogen) atoms. The van der Waals surface area contributed by atoms with E-state index in [0.717, 1.165) is 5.52 Å². The van der Waals surface area contributed by atoms with Crippen LogP contribution >= 0.6 is 0 Å². The number of aromatic nitrogens is 1. The molecule has 1 heterocycles. The van der Waals surface area contributed by atoms with E-state index in [-0.39, 0.29) is 22.9 Å². The smallest absolute Gasteiger partial charge is 0.244 e. The summed E-state index contributed by atoms with van der Waals surface area (Å²) in [4.78, 5) is 12.9. The number of rotatable bonds is 2. The van der Waals surface area contributed by atoms with Gasteiger partial charge in [0, 0.05) is 22.6 Å². The zero-order valence-corrected chi connectivity index (χ0v) is 14.8. The first-order chi connectivity index (χ1) is 10.0. The van der Waals surface area contributed by atoms with Crippen molar-refractivity contribution in [2.75, 3.05) is 0 Å². The first-order valence-corrected chi connectivity index (χ1v) is 7.89. The average Bonchev–Trinajstić information content (AvgIpc) is 2.63. The number of hydrogen-bond acceptors (Lipinski definition) is 1. The van der Waals surface area contributed by atoms with Gasteiger partial charge in [-0.05, 0) is 44.7 Å². The molecule has 2 aromatic rings. The van der Waals surface area contributed by atoms with E-state index in [0.29, 0.717) is 0 Å². The topological polar surface area (TPSA) is 34.0 Å². The fourth-order valence-corrected chi connectivity index (χ4v) is 2.97. The summed E-state index contributed by atoms with van der Waals surface area (Å²) in [6.45, 7) is 14.5. The van der Waals surface area contributed by atoms with E-state index in [9.17, 15) is 4.79 Å². The molecule has 0 aliphatic carbocycles. The van der Waals surface area contributed by atoms with Gasteiger partial charge in [-0.1, -0.05) is 39.0 Å². The minimum Gasteiger partial charge on any atom is -0.350 e. The van der Waals surface area contributed by atoms with Crippen molar-refractivity contribution in [1.29, 1.82) is 0 Å². The van der Waals surface area contributed by atoms with Crippen molar-refractivity contribution in [2.24, 2.45) is 5.41 Å². The summed E-state index contributed by atoms with van der Waals surface area (Å²) in [5, 5.41) is 4.35. The molecule has 1 amide bonds. The number of carbonyl (C=O) groups is 1. The number of nitrogens with one attached hydrogen (secondary N) is 1. The fraction of sp³-hybridized carbons (Fsp3) is 0.526. The Balaban J connectivity index is 2.56. The number of nitrogens with zero attached hydrogens (tertiary/aromatic N) is 1. The molecule has 3 heteroatoms. The van der Waals surface area contributed by atoms with E-state index in [1.54, 1.807) is 0 Å². The summed E-state index contributed by atoms with van der Waals surface area (Å²) in [7, 11) is 0. The van der Waals surface area contributed by atoms with Crippen LogP contribution in [0.25, 0.3) is 10.9 Å². The third-order valence-electron chi connectivity index (χ3n) is 3.78. The Hall–Kier alpha value is -1.77. The van der Waals surface area contributed by atoms with Crippen molar-refractivity contribution in [3.05, 3.63) is 36.0 Å². The van der Waals surface area contributed by atoms with Gasteiger partial charge in [-0.2, -0.15) is 0 Å². The number of para-hydroxylation sites is 1. The second-order valence-corrected chi connectivity index (χ2v) is 8.24. The van der Waals surface area contributed by atoms with Crippen molar-refractivity contribution in [2.45, 2.75) is 60.0 Å². The number of fused-ring (bicyclic) bond motifs is 1. The van der Waals surface area contributed by atoms with Crippen LogP contribution in [-0.2, 0) is 4.79 Å². The van der Waals surface area contributed by atoms with E-state index in [4.69, 9.17) is 0 Å². The third-order valence-corrected chi connectivity index (χ3v) is 3.78. The molecule has 0 bridgehead atoms. The highest BCUT2D eigenvalue weighted by Gasteiger charge is 2.35. The highest BCUT2D eigenvalue weighted by molar-refractivity contribution is 5.88. The molecule has 3 nitrogen and oxygen atoms in total. The van der Waals surface area contributed by atoms with Gasteiger partial charge in [-0.3, -0.25) is 4.79 Å². The molecule has 0 saturated heterocycles. The zero-order valence-electron chi connectivity index (χ0n) is 14.8. The summed E-state index contributed by atoms with van der Waals surface area (Å²) in [5.41, 5.74) is 1.90. The van der Waals surface area contributed by atoms with Gasteiger partial charge in [0.25, 0.3) is 0 Å². The normalized spacial score (nSPS) is 14.1. The highest BCUT2D eigenvalue weighted by atomic mass is 16.2. The maximum atomic E-state index is 12.9. The summed E-state index contributed by atoms with van der Waals surface area (Å²) in [5.74, 6) is 0.0701. The lowest BCUT2D eigenvalue weighted by molar-refractivity contribution is -0.128. The lowest BCUT2D eigenvalue weighted by atomic mass is 9.85. The molecule has 0 aliphatic heterocycles. The minimum atomic E-state index is -0.245. The number of hydrogen-bond donors (Lipinski definition) is 1. The van der Waals surface area contributed by atoms with Crippen LogP contribution in [0.15, 0.2) is 30.5 Å². The van der Waals surface area contributed by atoms with Gasteiger partial charge < -0.3 is 9.88 Å². The Morgan fingerprint density at radius 3 is 2.23 bits per heavy atom. The first kappa shape index (κ1) is 16.6. The molecule has 0 aliphatic rings.